The number of amides is 1. The fourth-order valence-electron chi connectivity index (χ4n) is 2.08. The highest BCUT2D eigenvalue weighted by molar-refractivity contribution is 7.99. The Bertz CT molecular complexity index is 760. The highest BCUT2D eigenvalue weighted by Crippen LogP contribution is 2.37. The van der Waals surface area contributed by atoms with Gasteiger partial charge in [0.05, 0.1) is 16.4 Å². The molecule has 23 heavy (non-hydrogen) atoms. The van der Waals surface area contributed by atoms with Crippen LogP contribution in [0.1, 0.15) is 18.9 Å². The van der Waals surface area contributed by atoms with Crippen LogP contribution in [0, 0.1) is 15.9 Å². The number of carbonyl (C=O) groups excluding carboxylic acids is 1. The summed E-state index contributed by atoms with van der Waals surface area (Å²) in [7, 11) is 0. The zero-order chi connectivity index (χ0) is 16.4. The summed E-state index contributed by atoms with van der Waals surface area (Å²) in [6.07, 6.45) is 5.76. The Labute approximate surface area is 135 Å². The van der Waals surface area contributed by atoms with Gasteiger partial charge in [-0.25, -0.2) is 9.37 Å². The molecule has 0 spiro atoms. The molecule has 1 fully saturated rings. The first-order chi connectivity index (χ1) is 11.0. The molecule has 1 aromatic carbocycles. The van der Waals surface area contributed by atoms with Crippen molar-refractivity contribution in [2.24, 2.45) is 0 Å². The second-order valence-electron chi connectivity index (χ2n) is 5.11. The molecule has 9 heteroatoms. The monoisotopic (exact) mass is 336 g/mol. The van der Waals surface area contributed by atoms with Gasteiger partial charge in [-0.05, 0) is 18.9 Å². The second kappa shape index (κ2) is 6.37. The van der Waals surface area contributed by atoms with Crippen molar-refractivity contribution in [3.05, 3.63) is 46.5 Å². The Morgan fingerprint density at radius 1 is 1.52 bits per heavy atom. The summed E-state index contributed by atoms with van der Waals surface area (Å²) in [5, 5.41) is 13.8. The molecule has 0 bridgehead atoms. The van der Waals surface area contributed by atoms with Crippen LogP contribution in [0.4, 0.5) is 15.8 Å². The number of nitro benzene ring substituents is 1. The van der Waals surface area contributed by atoms with E-state index in [0.29, 0.717) is 6.04 Å². The van der Waals surface area contributed by atoms with Crippen LogP contribution >= 0.6 is 11.8 Å². The van der Waals surface area contributed by atoms with Crippen molar-refractivity contribution >= 4 is 29.0 Å². The van der Waals surface area contributed by atoms with E-state index in [2.05, 4.69) is 10.3 Å². The van der Waals surface area contributed by atoms with Gasteiger partial charge in [-0.1, -0.05) is 11.8 Å². The SMILES string of the molecule is O=C(CSc1nccn1C1CC1)Nc1cc([N+](=O)[O-])ccc1F. The molecule has 120 valence electrons. The van der Waals surface area contributed by atoms with Crippen LogP contribution in [-0.4, -0.2) is 26.1 Å². The third-order valence-electron chi connectivity index (χ3n) is 3.34. The molecular formula is C14H13FN4O3S. The first-order valence-corrected chi connectivity index (χ1v) is 7.92. The fraction of sp³-hybridized carbons (Fsp3) is 0.286. The normalized spacial score (nSPS) is 13.8. The Morgan fingerprint density at radius 3 is 3.00 bits per heavy atom. The maximum Gasteiger partial charge on any atom is 0.271 e. The standard InChI is InChI=1S/C14H13FN4O3S/c15-11-4-3-10(19(21)22)7-12(11)17-13(20)8-23-14-16-5-6-18(14)9-1-2-9/h3-7,9H,1-2,8H2,(H,17,20). The van der Waals surface area contributed by atoms with Crippen molar-refractivity contribution < 1.29 is 14.1 Å². The molecular weight excluding hydrogens is 323 g/mol. The fourth-order valence-corrected chi connectivity index (χ4v) is 2.91. The first-order valence-electron chi connectivity index (χ1n) is 6.94. The lowest BCUT2D eigenvalue weighted by atomic mass is 10.2. The first kappa shape index (κ1) is 15.5. The van der Waals surface area contributed by atoms with Crippen molar-refractivity contribution in [2.75, 3.05) is 11.1 Å². The zero-order valence-electron chi connectivity index (χ0n) is 11.9. The van der Waals surface area contributed by atoms with E-state index in [1.165, 1.54) is 11.8 Å². The van der Waals surface area contributed by atoms with Crippen molar-refractivity contribution in [1.82, 2.24) is 9.55 Å². The molecule has 0 atom stereocenters. The predicted octanol–water partition coefficient (Wildman–Crippen LogP) is 3.00. The number of non-ortho nitro benzene ring substituents is 1. The summed E-state index contributed by atoms with van der Waals surface area (Å²) in [5.74, 6) is -1.11. The van der Waals surface area contributed by atoms with Crippen molar-refractivity contribution in [2.45, 2.75) is 24.0 Å². The molecule has 1 heterocycles. The number of rotatable bonds is 6. The topological polar surface area (TPSA) is 90.1 Å². The number of halogens is 1. The average molecular weight is 336 g/mol. The van der Waals surface area contributed by atoms with Crippen LogP contribution in [0.5, 0.6) is 0 Å². The Morgan fingerprint density at radius 2 is 2.30 bits per heavy atom. The van der Waals surface area contributed by atoms with Gasteiger partial charge in [-0.2, -0.15) is 0 Å². The minimum Gasteiger partial charge on any atom is -0.323 e. The molecule has 0 saturated heterocycles. The van der Waals surface area contributed by atoms with E-state index in [-0.39, 0.29) is 17.1 Å². The van der Waals surface area contributed by atoms with Gasteiger partial charge in [-0.15, -0.1) is 0 Å². The minimum absolute atomic E-state index is 0.0475. The van der Waals surface area contributed by atoms with Crippen molar-refractivity contribution in [1.29, 1.82) is 0 Å². The van der Waals surface area contributed by atoms with E-state index >= 15 is 0 Å². The third kappa shape index (κ3) is 3.67. The Kier molecular flexibility index (Phi) is 4.28. The zero-order valence-corrected chi connectivity index (χ0v) is 12.8. The van der Waals surface area contributed by atoms with Crippen LogP contribution < -0.4 is 5.32 Å². The minimum atomic E-state index is -0.714. The van der Waals surface area contributed by atoms with Crippen LogP contribution in [0.3, 0.4) is 0 Å². The molecule has 1 aliphatic carbocycles. The number of nitrogens with zero attached hydrogens (tertiary/aromatic N) is 3. The smallest absolute Gasteiger partial charge is 0.271 e. The maximum atomic E-state index is 13.6. The third-order valence-corrected chi connectivity index (χ3v) is 4.32. The maximum absolute atomic E-state index is 13.6. The van der Waals surface area contributed by atoms with Gasteiger partial charge in [0.25, 0.3) is 5.69 Å². The largest absolute Gasteiger partial charge is 0.323 e. The number of imidazole rings is 1. The predicted molar refractivity (Wildman–Crippen MR) is 82.9 cm³/mol. The number of aromatic nitrogens is 2. The van der Waals surface area contributed by atoms with Gasteiger partial charge in [0.1, 0.15) is 5.82 Å². The van der Waals surface area contributed by atoms with E-state index in [0.717, 1.165) is 36.2 Å². The quantitative estimate of drug-likeness (QED) is 0.497. The van der Waals surface area contributed by atoms with Crippen molar-refractivity contribution in [3.63, 3.8) is 0 Å². The average Bonchev–Trinajstić information content (AvgIpc) is 3.25. The van der Waals surface area contributed by atoms with E-state index in [1.807, 2.05) is 10.8 Å². The lowest BCUT2D eigenvalue weighted by molar-refractivity contribution is -0.384. The van der Waals surface area contributed by atoms with Crippen LogP contribution in [0.2, 0.25) is 0 Å². The second-order valence-corrected chi connectivity index (χ2v) is 6.05. The number of thioether (sulfide) groups is 1. The number of benzene rings is 1. The summed E-state index contributed by atoms with van der Waals surface area (Å²) in [4.78, 5) is 26.2. The van der Waals surface area contributed by atoms with Gasteiger partial charge >= 0.3 is 0 Å². The summed E-state index contributed by atoms with van der Waals surface area (Å²) >= 11 is 1.25. The highest BCUT2D eigenvalue weighted by atomic mass is 32.2. The molecule has 0 aliphatic heterocycles. The van der Waals surface area contributed by atoms with E-state index in [9.17, 15) is 19.3 Å². The van der Waals surface area contributed by atoms with Crippen LogP contribution in [0.15, 0.2) is 35.7 Å². The van der Waals surface area contributed by atoms with Crippen molar-refractivity contribution in [3.8, 4) is 0 Å². The Hall–Kier alpha value is -2.42. The Balaban J connectivity index is 1.62. The molecule has 2 aromatic rings. The molecule has 1 N–H and O–H groups in total. The van der Waals surface area contributed by atoms with Crippen LogP contribution in [-0.2, 0) is 4.79 Å². The highest BCUT2D eigenvalue weighted by Gasteiger charge is 2.25. The van der Waals surface area contributed by atoms with E-state index in [1.54, 1.807) is 6.20 Å². The van der Waals surface area contributed by atoms with Gasteiger partial charge in [0, 0.05) is 30.6 Å². The molecule has 0 unspecified atom stereocenters. The lowest BCUT2D eigenvalue weighted by Crippen LogP contribution is -2.15. The molecule has 7 nitrogen and oxygen atoms in total. The van der Waals surface area contributed by atoms with Gasteiger partial charge in [0.15, 0.2) is 5.16 Å². The van der Waals surface area contributed by atoms with Gasteiger partial charge in [0.2, 0.25) is 5.91 Å². The van der Waals surface area contributed by atoms with Gasteiger partial charge in [-0.3, -0.25) is 14.9 Å². The molecule has 1 aromatic heterocycles. The number of nitro groups is 1. The summed E-state index contributed by atoms with van der Waals surface area (Å²) < 4.78 is 15.6. The summed E-state index contributed by atoms with van der Waals surface area (Å²) in [6.45, 7) is 0. The van der Waals surface area contributed by atoms with E-state index < -0.39 is 16.6 Å². The van der Waals surface area contributed by atoms with Gasteiger partial charge < -0.3 is 9.88 Å². The molecule has 3 rings (SSSR count). The summed E-state index contributed by atoms with van der Waals surface area (Å²) in [5.41, 5.74) is -0.478. The molecule has 1 amide bonds. The number of nitrogens with one attached hydrogen (secondary N) is 1. The van der Waals surface area contributed by atoms with Crippen LogP contribution in [0.25, 0.3) is 0 Å². The number of anilines is 1. The number of carbonyl (C=O) groups is 1. The molecule has 1 aliphatic rings. The molecule has 1 saturated carbocycles. The number of hydrogen-bond acceptors (Lipinski definition) is 5. The summed E-state index contributed by atoms with van der Waals surface area (Å²) in [6, 6.07) is 3.47. The number of hydrogen-bond donors (Lipinski definition) is 1. The van der Waals surface area contributed by atoms with E-state index in [4.69, 9.17) is 0 Å². The lowest BCUT2D eigenvalue weighted by Gasteiger charge is -2.07. The molecule has 0 radical (unpaired) electrons.